The molecule has 0 aliphatic heterocycles. The van der Waals surface area contributed by atoms with Crippen LogP contribution in [0.15, 0.2) is 4.99 Å². The van der Waals surface area contributed by atoms with Gasteiger partial charge in [0.15, 0.2) is 5.96 Å². The first-order valence-electron chi connectivity index (χ1n) is 8.20. The van der Waals surface area contributed by atoms with Crippen LogP contribution in [0.25, 0.3) is 0 Å². The van der Waals surface area contributed by atoms with Crippen molar-refractivity contribution in [1.29, 1.82) is 0 Å². The molecule has 1 rings (SSSR count). The number of aryl methyl sites for hydroxylation is 2. The van der Waals surface area contributed by atoms with E-state index < -0.39 is 0 Å². The van der Waals surface area contributed by atoms with Crippen molar-refractivity contribution < 1.29 is 0 Å². The van der Waals surface area contributed by atoms with E-state index in [1.807, 2.05) is 14.0 Å². The van der Waals surface area contributed by atoms with Gasteiger partial charge < -0.3 is 15.5 Å². The molecule has 1 heterocycles. The SMILES string of the molecule is CCN(CC)CCCCNC(=NC)NCc1sc(C)nc1C. The first-order chi connectivity index (χ1) is 10.6. The Kier molecular flexibility index (Phi) is 9.08. The molecule has 1 aromatic heterocycles. The van der Waals surface area contributed by atoms with Crippen molar-refractivity contribution in [1.82, 2.24) is 20.5 Å². The fourth-order valence-electron chi connectivity index (χ4n) is 2.33. The van der Waals surface area contributed by atoms with E-state index in [-0.39, 0.29) is 0 Å². The third-order valence-electron chi connectivity index (χ3n) is 3.73. The number of hydrogen-bond donors (Lipinski definition) is 2. The molecule has 22 heavy (non-hydrogen) atoms. The number of unbranched alkanes of at least 4 members (excludes halogenated alkanes) is 1. The predicted octanol–water partition coefficient (Wildman–Crippen LogP) is 2.55. The van der Waals surface area contributed by atoms with Crippen LogP contribution in [0.2, 0.25) is 0 Å². The van der Waals surface area contributed by atoms with Gasteiger partial charge in [0.25, 0.3) is 0 Å². The minimum absolute atomic E-state index is 0.788. The van der Waals surface area contributed by atoms with Gasteiger partial charge >= 0.3 is 0 Å². The van der Waals surface area contributed by atoms with Gasteiger partial charge in [-0.15, -0.1) is 11.3 Å². The molecule has 6 heteroatoms. The molecule has 1 aromatic rings. The van der Waals surface area contributed by atoms with Crippen molar-refractivity contribution in [2.24, 2.45) is 4.99 Å². The van der Waals surface area contributed by atoms with E-state index in [1.165, 1.54) is 17.8 Å². The van der Waals surface area contributed by atoms with Gasteiger partial charge in [-0.1, -0.05) is 13.8 Å². The Hall–Kier alpha value is -1.14. The van der Waals surface area contributed by atoms with Crippen molar-refractivity contribution in [3.63, 3.8) is 0 Å². The second-order valence-electron chi connectivity index (χ2n) is 5.33. The predicted molar refractivity (Wildman–Crippen MR) is 96.8 cm³/mol. The minimum atomic E-state index is 0.788. The van der Waals surface area contributed by atoms with Crippen molar-refractivity contribution in [2.75, 3.05) is 33.2 Å². The summed E-state index contributed by atoms with van der Waals surface area (Å²) in [6.07, 6.45) is 2.38. The van der Waals surface area contributed by atoms with Crippen LogP contribution in [0.1, 0.15) is 42.3 Å². The van der Waals surface area contributed by atoms with Gasteiger partial charge in [0.2, 0.25) is 0 Å². The number of rotatable bonds is 9. The van der Waals surface area contributed by atoms with Crippen LogP contribution in [0.3, 0.4) is 0 Å². The van der Waals surface area contributed by atoms with Crippen LogP contribution < -0.4 is 10.6 Å². The fourth-order valence-corrected chi connectivity index (χ4v) is 3.21. The average Bonchev–Trinajstić information content (AvgIpc) is 2.84. The Labute approximate surface area is 139 Å². The Morgan fingerprint density at radius 2 is 1.91 bits per heavy atom. The summed E-state index contributed by atoms with van der Waals surface area (Å²) in [7, 11) is 1.82. The second kappa shape index (κ2) is 10.6. The van der Waals surface area contributed by atoms with Crippen LogP contribution in [-0.4, -0.2) is 49.1 Å². The molecule has 0 aliphatic rings. The topological polar surface area (TPSA) is 52.5 Å². The maximum atomic E-state index is 4.45. The Balaban J connectivity index is 2.21. The number of hydrogen-bond acceptors (Lipinski definition) is 4. The van der Waals surface area contributed by atoms with E-state index in [1.54, 1.807) is 11.3 Å². The first-order valence-corrected chi connectivity index (χ1v) is 9.02. The maximum Gasteiger partial charge on any atom is 0.191 e. The number of thiazole rings is 1. The normalized spacial score (nSPS) is 12.0. The smallest absolute Gasteiger partial charge is 0.191 e. The first kappa shape index (κ1) is 18.9. The summed E-state index contributed by atoms with van der Waals surface area (Å²) in [5.41, 5.74) is 1.12. The van der Waals surface area contributed by atoms with E-state index in [2.05, 4.69) is 46.3 Å². The van der Waals surface area contributed by atoms with Crippen molar-refractivity contribution in [2.45, 2.75) is 47.1 Å². The molecular weight excluding hydrogens is 294 g/mol. The van der Waals surface area contributed by atoms with E-state index in [9.17, 15) is 0 Å². The monoisotopic (exact) mass is 325 g/mol. The molecule has 126 valence electrons. The van der Waals surface area contributed by atoms with Crippen LogP contribution in [0.5, 0.6) is 0 Å². The highest BCUT2D eigenvalue weighted by molar-refractivity contribution is 7.11. The molecule has 5 nitrogen and oxygen atoms in total. The van der Waals surface area contributed by atoms with Crippen LogP contribution in [-0.2, 0) is 6.54 Å². The summed E-state index contributed by atoms with van der Waals surface area (Å²) in [6.45, 7) is 13.8. The van der Waals surface area contributed by atoms with Crippen LogP contribution in [0.4, 0.5) is 0 Å². The molecule has 0 saturated heterocycles. The summed E-state index contributed by atoms with van der Waals surface area (Å²) in [4.78, 5) is 12.5. The lowest BCUT2D eigenvalue weighted by Gasteiger charge is -2.18. The van der Waals surface area contributed by atoms with Gasteiger partial charge in [-0.25, -0.2) is 4.98 Å². The van der Waals surface area contributed by atoms with E-state index in [0.29, 0.717) is 0 Å². The second-order valence-corrected chi connectivity index (χ2v) is 6.62. The van der Waals surface area contributed by atoms with E-state index in [4.69, 9.17) is 0 Å². The van der Waals surface area contributed by atoms with Crippen molar-refractivity contribution in [3.8, 4) is 0 Å². The summed E-state index contributed by atoms with van der Waals surface area (Å²) in [6, 6.07) is 0. The lowest BCUT2D eigenvalue weighted by molar-refractivity contribution is 0.297. The molecule has 0 aliphatic carbocycles. The Morgan fingerprint density at radius 3 is 2.45 bits per heavy atom. The number of aliphatic imine (C=N–C) groups is 1. The Bertz CT molecular complexity index is 451. The number of aromatic nitrogens is 1. The highest BCUT2D eigenvalue weighted by Gasteiger charge is 2.05. The van der Waals surface area contributed by atoms with Gasteiger partial charge in [-0.2, -0.15) is 0 Å². The summed E-state index contributed by atoms with van der Waals surface area (Å²) >= 11 is 1.75. The third-order valence-corrected chi connectivity index (χ3v) is 4.80. The largest absolute Gasteiger partial charge is 0.356 e. The Morgan fingerprint density at radius 1 is 1.18 bits per heavy atom. The van der Waals surface area contributed by atoms with Crippen LogP contribution in [0, 0.1) is 13.8 Å². The third kappa shape index (κ3) is 6.75. The standard InChI is InChI=1S/C16H31N5S/c1-6-21(7-2)11-9-8-10-18-16(17-5)19-12-15-13(3)20-14(4)22-15/h6-12H2,1-5H3,(H2,17,18,19). The molecule has 0 saturated carbocycles. The highest BCUT2D eigenvalue weighted by Crippen LogP contribution is 2.16. The van der Waals surface area contributed by atoms with Crippen molar-refractivity contribution >= 4 is 17.3 Å². The molecule has 2 N–H and O–H groups in total. The number of nitrogens with one attached hydrogen (secondary N) is 2. The maximum absolute atomic E-state index is 4.45. The fraction of sp³-hybridized carbons (Fsp3) is 0.750. The number of nitrogens with zero attached hydrogens (tertiary/aromatic N) is 3. The molecular formula is C16H31N5S. The molecule has 0 spiro atoms. The molecule has 0 atom stereocenters. The minimum Gasteiger partial charge on any atom is -0.356 e. The van der Waals surface area contributed by atoms with Gasteiger partial charge in [0, 0.05) is 18.5 Å². The zero-order chi connectivity index (χ0) is 16.4. The number of guanidine groups is 1. The molecule has 0 fully saturated rings. The summed E-state index contributed by atoms with van der Waals surface area (Å²) < 4.78 is 0. The van der Waals surface area contributed by atoms with Gasteiger partial charge in [0.1, 0.15) is 0 Å². The lowest BCUT2D eigenvalue weighted by Crippen LogP contribution is -2.37. The summed E-state index contributed by atoms with van der Waals surface area (Å²) in [5.74, 6) is 0.869. The van der Waals surface area contributed by atoms with E-state index in [0.717, 1.165) is 49.3 Å². The average molecular weight is 326 g/mol. The zero-order valence-electron chi connectivity index (χ0n) is 14.7. The van der Waals surface area contributed by atoms with Gasteiger partial charge in [-0.3, -0.25) is 4.99 Å². The summed E-state index contributed by atoms with van der Waals surface area (Å²) in [5, 5.41) is 7.86. The van der Waals surface area contributed by atoms with Crippen molar-refractivity contribution in [3.05, 3.63) is 15.6 Å². The molecule has 0 bridgehead atoms. The molecule has 0 aromatic carbocycles. The zero-order valence-corrected chi connectivity index (χ0v) is 15.5. The quantitative estimate of drug-likeness (QED) is 0.416. The highest BCUT2D eigenvalue weighted by atomic mass is 32.1. The van der Waals surface area contributed by atoms with Gasteiger partial charge in [0.05, 0.1) is 17.2 Å². The van der Waals surface area contributed by atoms with Gasteiger partial charge in [-0.05, 0) is 46.3 Å². The molecule has 0 amide bonds. The van der Waals surface area contributed by atoms with Crippen LogP contribution >= 0.6 is 11.3 Å². The van der Waals surface area contributed by atoms with E-state index >= 15 is 0 Å². The molecule has 0 unspecified atom stereocenters. The molecule has 0 radical (unpaired) electrons. The lowest BCUT2D eigenvalue weighted by atomic mass is 10.3.